The summed E-state index contributed by atoms with van der Waals surface area (Å²) in [5.74, 6) is 2.73. The number of hydrogen-bond donors (Lipinski definition) is 0. The van der Waals surface area contributed by atoms with Gasteiger partial charge in [-0.3, -0.25) is 0 Å². The number of hydrogen-bond acceptors (Lipinski definition) is 8. The van der Waals surface area contributed by atoms with Crippen LogP contribution in [0.1, 0.15) is 11.1 Å². The molecule has 1 aliphatic rings. The Hall–Kier alpha value is -5.69. The van der Waals surface area contributed by atoms with Crippen LogP contribution in [0.15, 0.2) is 122 Å². The van der Waals surface area contributed by atoms with E-state index >= 15 is 0 Å². The number of fused-ring (bicyclic) bond motifs is 4. The average Bonchev–Trinajstić information content (AvgIpc) is 3.26. The number of rotatable bonds is 3. The zero-order valence-electron chi connectivity index (χ0n) is 36.8. The van der Waals surface area contributed by atoms with Gasteiger partial charge in [0, 0.05) is 24.3 Å². The number of ether oxygens (including phenoxy) is 8. The number of nitrogens with zero attached hydrogens (tertiary/aromatic N) is 2. The van der Waals surface area contributed by atoms with E-state index < -0.39 is 14.5 Å². The number of halogens is 8. The van der Waals surface area contributed by atoms with Gasteiger partial charge in [0.25, 0.3) is 0 Å². The first-order valence-electron chi connectivity index (χ1n) is 21.1. The molecule has 4 aromatic carbocycles. The van der Waals surface area contributed by atoms with Crippen molar-refractivity contribution >= 4 is 36.1 Å². The molecule has 0 radical (unpaired) electrons. The van der Waals surface area contributed by atoms with Crippen LogP contribution in [-0.2, 0) is 32.0 Å². The second-order valence-electron chi connectivity index (χ2n) is 14.4. The molecule has 0 atom stereocenters. The highest BCUT2D eigenvalue weighted by molar-refractivity contribution is 6.50. The van der Waals surface area contributed by atoms with Crippen molar-refractivity contribution in [2.24, 2.45) is 0 Å². The monoisotopic (exact) mass is 936 g/mol. The lowest BCUT2D eigenvalue weighted by atomic mass is 10.1. The van der Waals surface area contributed by atoms with Gasteiger partial charge >= 0.3 is 14.5 Å². The first-order chi connectivity index (χ1) is 31.6. The quantitative estimate of drug-likeness (QED) is 0.0988. The highest BCUT2D eigenvalue weighted by Crippen LogP contribution is 2.34. The molecule has 20 heteroatoms. The summed E-state index contributed by atoms with van der Waals surface area (Å²) in [7, 11) is -12.0. The Balaban J connectivity index is 0.000000299. The van der Waals surface area contributed by atoms with Gasteiger partial charge < -0.3 is 72.4 Å². The summed E-state index contributed by atoms with van der Waals surface area (Å²) in [5.41, 5.74) is 2.61. The molecule has 358 valence electrons. The maximum absolute atomic E-state index is 9.75. The molecular weight excluding hydrogens is 882 g/mol. The van der Waals surface area contributed by atoms with Gasteiger partial charge in [-0.1, -0.05) is 48.5 Å². The van der Waals surface area contributed by atoms with Gasteiger partial charge in [0.2, 0.25) is 13.1 Å². The fraction of sp³-hybridized carbons (Fsp3) is 0.348. The lowest BCUT2D eigenvalue weighted by Crippen LogP contribution is -2.43. The standard InChI is InChI=1S/C32H36O8.C14H18N2.2BF4/c1-2-6-26-22-30-29(21-25(26)5-1)37-17-13-33-9-10-35-15-19-39-31-23-27-7-3-4-8-28(27)24-32(31)40-20-16-36-12-11-34-14-18-38-30;1-13-3-7-15(8-4-13)11-12-16-9-5-14(2)6-10-16;2*2-1(3,4)5/h1-8,21-24H,9-20H2;3-10H,11-12H2,1-2H3;;/q;+2;2*-1. The van der Waals surface area contributed by atoms with Crippen LogP contribution in [-0.4, -0.2) is 93.8 Å². The van der Waals surface area contributed by atoms with E-state index in [9.17, 15) is 34.5 Å². The Kier molecular flexibility index (Phi) is 22.8. The van der Waals surface area contributed by atoms with E-state index in [2.05, 4.69) is 96.3 Å². The van der Waals surface area contributed by atoms with Gasteiger partial charge in [-0.05, 0) is 70.8 Å². The van der Waals surface area contributed by atoms with Crippen LogP contribution in [0.25, 0.3) is 21.5 Å². The minimum absolute atomic E-state index is 0.399. The average molecular weight is 937 g/mol. The van der Waals surface area contributed by atoms with E-state index in [1.165, 1.54) is 11.1 Å². The van der Waals surface area contributed by atoms with Crippen molar-refractivity contribution < 1.29 is 81.6 Å². The molecule has 2 aromatic heterocycles. The van der Waals surface area contributed by atoms with E-state index in [4.69, 9.17) is 37.9 Å². The van der Waals surface area contributed by atoms with Gasteiger partial charge in [-0.2, -0.15) is 9.13 Å². The largest absolute Gasteiger partial charge is 0.673 e. The van der Waals surface area contributed by atoms with Crippen LogP contribution in [0, 0.1) is 13.8 Å². The number of benzene rings is 4. The van der Waals surface area contributed by atoms with E-state index in [0.717, 1.165) is 34.6 Å². The Morgan fingerprint density at radius 1 is 0.364 bits per heavy atom. The van der Waals surface area contributed by atoms with Crippen molar-refractivity contribution in [1.29, 1.82) is 0 Å². The smallest absolute Gasteiger partial charge is 0.487 e. The van der Waals surface area contributed by atoms with Crippen LogP contribution in [0.5, 0.6) is 23.0 Å². The topological polar surface area (TPSA) is 81.6 Å². The van der Waals surface area contributed by atoms with E-state index in [0.29, 0.717) is 102 Å². The van der Waals surface area contributed by atoms with Crippen molar-refractivity contribution in [3.05, 3.63) is 133 Å². The first kappa shape index (κ1) is 52.9. The molecule has 0 amide bonds. The molecule has 0 aliphatic carbocycles. The molecule has 0 spiro atoms. The second-order valence-corrected chi connectivity index (χ2v) is 14.4. The predicted octanol–water partition coefficient (Wildman–Crippen LogP) is 9.47. The summed E-state index contributed by atoms with van der Waals surface area (Å²) in [6.07, 6.45) is 8.52. The van der Waals surface area contributed by atoms with Crippen molar-refractivity contribution in [1.82, 2.24) is 0 Å². The van der Waals surface area contributed by atoms with Gasteiger partial charge in [-0.25, -0.2) is 0 Å². The third-order valence-corrected chi connectivity index (χ3v) is 9.04. The summed E-state index contributed by atoms with van der Waals surface area (Å²) >= 11 is 0. The zero-order chi connectivity index (χ0) is 47.6. The molecular formula is C46H54B2F8N2O8. The highest BCUT2D eigenvalue weighted by Gasteiger charge is 2.21. The Labute approximate surface area is 379 Å². The van der Waals surface area contributed by atoms with Crippen molar-refractivity contribution in [3.63, 3.8) is 0 Å². The molecule has 3 heterocycles. The van der Waals surface area contributed by atoms with Crippen molar-refractivity contribution in [2.75, 3.05) is 79.3 Å². The van der Waals surface area contributed by atoms with Gasteiger partial charge in [-0.15, -0.1) is 0 Å². The van der Waals surface area contributed by atoms with Crippen molar-refractivity contribution in [2.45, 2.75) is 26.9 Å². The van der Waals surface area contributed by atoms with Gasteiger partial charge in [0.1, 0.15) is 26.4 Å². The Morgan fingerprint density at radius 2 is 0.576 bits per heavy atom. The SMILES string of the molecule is Cc1cc[n+](CC[n+]2ccc(C)cc2)cc1.F[B-](F)(F)F.F[B-](F)(F)F.c1ccc2cc3c(cc2c1)OCCOCCOCCOc1cc2ccccc2cc1OCCOCCOCCO3. The summed E-state index contributed by atoms with van der Waals surface area (Å²) in [6.45, 7) is 11.4. The van der Waals surface area contributed by atoms with E-state index in [-0.39, 0.29) is 0 Å². The Bertz CT molecular complexity index is 2020. The van der Waals surface area contributed by atoms with E-state index in [1.807, 2.05) is 48.5 Å². The molecule has 0 unspecified atom stereocenters. The first-order valence-corrected chi connectivity index (χ1v) is 21.1. The second kappa shape index (κ2) is 28.4. The molecule has 0 N–H and O–H groups in total. The third-order valence-electron chi connectivity index (χ3n) is 9.04. The maximum atomic E-state index is 9.75. The lowest BCUT2D eigenvalue weighted by Gasteiger charge is -2.16. The normalized spacial score (nSPS) is 14.8. The molecule has 0 bridgehead atoms. The summed E-state index contributed by atoms with van der Waals surface area (Å²) in [6, 6.07) is 32.8. The number of pyridine rings is 2. The molecule has 66 heavy (non-hydrogen) atoms. The molecule has 0 fully saturated rings. The summed E-state index contributed by atoms with van der Waals surface area (Å²) in [4.78, 5) is 0. The predicted molar refractivity (Wildman–Crippen MR) is 236 cm³/mol. The fourth-order valence-corrected chi connectivity index (χ4v) is 5.93. The van der Waals surface area contributed by atoms with Gasteiger partial charge in [0.15, 0.2) is 47.8 Å². The lowest BCUT2D eigenvalue weighted by molar-refractivity contribution is -0.778. The molecule has 1 aliphatic heterocycles. The minimum atomic E-state index is -6.00. The third kappa shape index (κ3) is 23.0. The van der Waals surface area contributed by atoms with Crippen molar-refractivity contribution in [3.8, 4) is 23.0 Å². The Morgan fingerprint density at radius 3 is 0.803 bits per heavy atom. The van der Waals surface area contributed by atoms with Crippen LogP contribution in [0.2, 0.25) is 0 Å². The molecule has 6 aromatic rings. The van der Waals surface area contributed by atoms with E-state index in [1.54, 1.807) is 0 Å². The molecule has 10 nitrogen and oxygen atoms in total. The van der Waals surface area contributed by atoms with Crippen LogP contribution >= 0.6 is 0 Å². The number of aryl methyl sites for hydroxylation is 4. The summed E-state index contributed by atoms with van der Waals surface area (Å²) in [5, 5.41) is 4.34. The van der Waals surface area contributed by atoms with Crippen LogP contribution < -0.4 is 28.1 Å². The molecule has 0 saturated carbocycles. The summed E-state index contributed by atoms with van der Waals surface area (Å²) < 4.78 is 129. The molecule has 7 rings (SSSR count). The van der Waals surface area contributed by atoms with Crippen LogP contribution in [0.3, 0.4) is 0 Å². The number of aromatic nitrogens is 2. The maximum Gasteiger partial charge on any atom is 0.673 e. The van der Waals surface area contributed by atoms with Gasteiger partial charge in [0.05, 0.1) is 52.9 Å². The van der Waals surface area contributed by atoms with Crippen LogP contribution in [0.4, 0.5) is 34.5 Å². The molecule has 0 saturated heterocycles. The minimum Gasteiger partial charge on any atom is -0.487 e. The highest BCUT2D eigenvalue weighted by atomic mass is 19.5. The zero-order valence-corrected chi connectivity index (χ0v) is 36.8. The fourth-order valence-electron chi connectivity index (χ4n) is 5.93.